The van der Waals surface area contributed by atoms with Crippen LogP contribution in [-0.2, 0) is 9.84 Å². The number of rotatable bonds is 4. The van der Waals surface area contributed by atoms with Crippen LogP contribution < -0.4 is 4.74 Å². The molecule has 1 aliphatic rings. The molecule has 1 atom stereocenters. The SMILES string of the molecule is O=S(=O)(c1cccc(OC(Br)C2CC2)c1)C(F)(F)F. The maximum absolute atomic E-state index is 12.4. The molecule has 0 saturated heterocycles. The maximum atomic E-state index is 12.4. The van der Waals surface area contributed by atoms with Crippen LogP contribution in [0.3, 0.4) is 0 Å². The zero-order valence-electron chi connectivity index (χ0n) is 9.52. The van der Waals surface area contributed by atoms with Gasteiger partial charge < -0.3 is 4.74 Å². The normalized spacial score (nSPS) is 18.1. The van der Waals surface area contributed by atoms with E-state index in [1.165, 1.54) is 12.1 Å². The number of alkyl halides is 4. The van der Waals surface area contributed by atoms with Crippen LogP contribution in [0, 0.1) is 5.92 Å². The van der Waals surface area contributed by atoms with Crippen molar-refractivity contribution in [1.29, 1.82) is 0 Å². The Morgan fingerprint density at radius 2 is 1.95 bits per heavy atom. The van der Waals surface area contributed by atoms with Crippen molar-refractivity contribution in [3.63, 3.8) is 0 Å². The first kappa shape index (κ1) is 14.6. The van der Waals surface area contributed by atoms with E-state index < -0.39 is 20.2 Å². The van der Waals surface area contributed by atoms with Gasteiger partial charge in [-0.25, -0.2) is 8.42 Å². The Bertz CT molecular complexity index is 567. The first-order chi connectivity index (χ1) is 8.72. The van der Waals surface area contributed by atoms with Crippen LogP contribution in [0.15, 0.2) is 29.2 Å². The predicted molar refractivity (Wildman–Crippen MR) is 65.7 cm³/mol. The van der Waals surface area contributed by atoms with Crippen LogP contribution in [0.5, 0.6) is 5.75 Å². The molecule has 0 aliphatic heterocycles. The Kier molecular flexibility index (Phi) is 3.83. The fraction of sp³-hybridized carbons (Fsp3) is 0.455. The molecule has 8 heteroatoms. The zero-order chi connectivity index (χ0) is 14.3. The molecule has 0 heterocycles. The van der Waals surface area contributed by atoms with E-state index in [2.05, 4.69) is 15.9 Å². The Balaban J connectivity index is 2.24. The van der Waals surface area contributed by atoms with E-state index in [1.807, 2.05) is 0 Å². The lowest BCUT2D eigenvalue weighted by molar-refractivity contribution is -0.0436. The van der Waals surface area contributed by atoms with E-state index in [-0.39, 0.29) is 10.8 Å². The van der Waals surface area contributed by atoms with Gasteiger partial charge in [0.1, 0.15) is 5.75 Å². The molecule has 2 rings (SSSR count). The van der Waals surface area contributed by atoms with Gasteiger partial charge in [0.05, 0.1) is 4.90 Å². The Labute approximate surface area is 116 Å². The average Bonchev–Trinajstić information content (AvgIpc) is 3.11. The highest BCUT2D eigenvalue weighted by molar-refractivity contribution is 9.09. The third-order valence-electron chi connectivity index (χ3n) is 2.66. The second-order valence-electron chi connectivity index (χ2n) is 4.23. The summed E-state index contributed by atoms with van der Waals surface area (Å²) in [5, 5.41) is -0.309. The molecular weight excluding hydrogens is 349 g/mol. The molecule has 1 aromatic carbocycles. The smallest absolute Gasteiger partial charge is 0.479 e. The van der Waals surface area contributed by atoms with Crippen molar-refractivity contribution in [1.82, 2.24) is 0 Å². The molecule has 0 bridgehead atoms. The molecule has 0 N–H and O–H groups in total. The van der Waals surface area contributed by atoms with Gasteiger partial charge in [0, 0.05) is 5.92 Å². The largest absolute Gasteiger partial charge is 0.501 e. The molecule has 1 unspecified atom stereocenters. The molecule has 3 nitrogen and oxygen atoms in total. The minimum Gasteiger partial charge on any atom is -0.479 e. The highest BCUT2D eigenvalue weighted by Crippen LogP contribution is 2.38. The van der Waals surface area contributed by atoms with Crippen LogP contribution in [0.4, 0.5) is 13.2 Å². The second kappa shape index (κ2) is 4.97. The van der Waals surface area contributed by atoms with Crippen molar-refractivity contribution >= 4 is 25.8 Å². The number of sulfone groups is 1. The molecule has 0 aromatic heterocycles. The highest BCUT2D eigenvalue weighted by atomic mass is 79.9. The fourth-order valence-corrected chi connectivity index (χ4v) is 2.97. The Morgan fingerprint density at radius 3 is 2.47 bits per heavy atom. The van der Waals surface area contributed by atoms with Gasteiger partial charge in [0.2, 0.25) is 0 Å². The summed E-state index contributed by atoms with van der Waals surface area (Å²) in [7, 11) is -5.33. The summed E-state index contributed by atoms with van der Waals surface area (Å²) < 4.78 is 65.1. The van der Waals surface area contributed by atoms with Gasteiger partial charge in [0.25, 0.3) is 9.84 Å². The van der Waals surface area contributed by atoms with E-state index in [0.717, 1.165) is 25.0 Å². The first-order valence-electron chi connectivity index (χ1n) is 5.44. The quantitative estimate of drug-likeness (QED) is 0.773. The summed E-state index contributed by atoms with van der Waals surface area (Å²) in [6, 6.07) is 4.43. The van der Waals surface area contributed by atoms with Crippen LogP contribution in [0.1, 0.15) is 12.8 Å². The monoisotopic (exact) mass is 358 g/mol. The van der Waals surface area contributed by atoms with Crippen LogP contribution in [-0.4, -0.2) is 18.9 Å². The van der Waals surface area contributed by atoms with Gasteiger partial charge in [0.15, 0.2) is 5.01 Å². The molecule has 0 spiro atoms. The van der Waals surface area contributed by atoms with Gasteiger partial charge >= 0.3 is 5.51 Å². The number of ether oxygens (including phenoxy) is 1. The van der Waals surface area contributed by atoms with E-state index in [9.17, 15) is 21.6 Å². The van der Waals surface area contributed by atoms with Gasteiger partial charge in [-0.05, 0) is 47.0 Å². The van der Waals surface area contributed by atoms with Crippen molar-refractivity contribution in [2.75, 3.05) is 0 Å². The maximum Gasteiger partial charge on any atom is 0.501 e. The lowest BCUT2D eigenvalue weighted by atomic mass is 10.3. The van der Waals surface area contributed by atoms with Crippen molar-refractivity contribution in [2.24, 2.45) is 5.92 Å². The summed E-state index contributed by atoms with van der Waals surface area (Å²) in [6.07, 6.45) is 1.97. The topological polar surface area (TPSA) is 43.4 Å². The third-order valence-corrected chi connectivity index (χ3v) is 5.08. The number of hydrogen-bond acceptors (Lipinski definition) is 3. The lowest BCUT2D eigenvalue weighted by Gasteiger charge is -2.13. The number of benzene rings is 1. The van der Waals surface area contributed by atoms with E-state index >= 15 is 0 Å². The molecule has 19 heavy (non-hydrogen) atoms. The summed E-state index contributed by atoms with van der Waals surface area (Å²) in [5.74, 6) is 0.418. The van der Waals surface area contributed by atoms with E-state index in [1.54, 1.807) is 0 Å². The van der Waals surface area contributed by atoms with Crippen LogP contribution in [0.25, 0.3) is 0 Å². The molecule has 0 amide bonds. The van der Waals surface area contributed by atoms with Crippen molar-refractivity contribution in [3.8, 4) is 5.75 Å². The van der Waals surface area contributed by atoms with Gasteiger partial charge in [-0.15, -0.1) is 0 Å². The molecule has 0 radical (unpaired) electrons. The van der Waals surface area contributed by atoms with Crippen molar-refractivity contribution in [3.05, 3.63) is 24.3 Å². The molecule has 1 aromatic rings. The number of halogens is 4. The molecule has 1 saturated carbocycles. The molecule has 106 valence electrons. The summed E-state index contributed by atoms with van der Waals surface area (Å²) in [6.45, 7) is 0. The first-order valence-corrected chi connectivity index (χ1v) is 7.84. The highest BCUT2D eigenvalue weighted by Gasteiger charge is 2.47. The summed E-state index contributed by atoms with van der Waals surface area (Å²) in [5.41, 5.74) is -5.31. The zero-order valence-corrected chi connectivity index (χ0v) is 11.9. The minimum absolute atomic E-state index is 0.0964. The van der Waals surface area contributed by atoms with E-state index in [4.69, 9.17) is 4.74 Å². The van der Waals surface area contributed by atoms with Crippen molar-refractivity contribution < 1.29 is 26.3 Å². The van der Waals surface area contributed by atoms with E-state index in [0.29, 0.717) is 5.92 Å². The van der Waals surface area contributed by atoms with Crippen LogP contribution in [0.2, 0.25) is 0 Å². The fourth-order valence-electron chi connectivity index (χ4n) is 1.43. The van der Waals surface area contributed by atoms with Crippen molar-refractivity contribution in [2.45, 2.75) is 28.3 Å². The Hall–Kier alpha value is -0.760. The van der Waals surface area contributed by atoms with Gasteiger partial charge in [-0.2, -0.15) is 13.2 Å². The van der Waals surface area contributed by atoms with Gasteiger partial charge in [-0.3, -0.25) is 0 Å². The number of hydrogen-bond donors (Lipinski definition) is 0. The molecule has 1 aliphatic carbocycles. The summed E-state index contributed by atoms with van der Waals surface area (Å²) >= 11 is 3.26. The summed E-state index contributed by atoms with van der Waals surface area (Å²) in [4.78, 5) is -0.812. The molecule has 1 fully saturated rings. The minimum atomic E-state index is -5.33. The lowest BCUT2D eigenvalue weighted by Crippen LogP contribution is -2.23. The molecular formula is C11H10BrF3O3S. The standard InChI is InChI=1S/C11H10BrF3O3S/c12-10(7-4-5-7)18-8-2-1-3-9(6-8)19(16,17)11(13,14)15/h1-3,6-7,10H,4-5H2. The van der Waals surface area contributed by atoms with Crippen LogP contribution >= 0.6 is 15.9 Å². The second-order valence-corrected chi connectivity index (χ2v) is 7.07. The third kappa shape index (κ3) is 3.22. The Morgan fingerprint density at radius 1 is 1.32 bits per heavy atom. The predicted octanol–water partition coefficient (Wildman–Crippen LogP) is 3.49. The average molecular weight is 359 g/mol. The van der Waals surface area contributed by atoms with Gasteiger partial charge in [-0.1, -0.05) is 6.07 Å².